The fraction of sp³-hybridized carbons (Fsp3) is 0.588. The number of benzene rings is 1. The summed E-state index contributed by atoms with van der Waals surface area (Å²) in [6.45, 7) is 4.47. The second-order valence-corrected chi connectivity index (χ2v) is 7.17. The van der Waals surface area contributed by atoms with Crippen LogP contribution in [-0.2, 0) is 0 Å². The van der Waals surface area contributed by atoms with Crippen LogP contribution in [0.5, 0.6) is 0 Å². The maximum Gasteiger partial charge on any atom is 0.254 e. The van der Waals surface area contributed by atoms with E-state index < -0.39 is 11.5 Å². The lowest BCUT2D eigenvalue weighted by Crippen LogP contribution is -2.54. The summed E-state index contributed by atoms with van der Waals surface area (Å²) in [4.78, 5) is 14.3. The molecule has 1 aliphatic rings. The van der Waals surface area contributed by atoms with Gasteiger partial charge in [-0.1, -0.05) is 36.5 Å². The van der Waals surface area contributed by atoms with Crippen LogP contribution in [0.1, 0.15) is 42.1 Å². The highest BCUT2D eigenvalue weighted by molar-refractivity contribution is 6.36. The molecular formula is C17H23Cl2NO3. The van der Waals surface area contributed by atoms with Gasteiger partial charge in [-0.05, 0) is 37.5 Å². The number of carbonyl (C=O) groups excluding carboxylic acids is 1. The van der Waals surface area contributed by atoms with Gasteiger partial charge in [-0.3, -0.25) is 4.79 Å². The Kier molecular flexibility index (Phi) is 5.95. The standard InChI is InChI=1S/C17H23Cl2NO3/c1-3-4-17(10-21)5-6-20(9-15(17)22)16(23)12-7-13(18)11(2)14(19)8-12/h7-8,15,21-22H,3-6,9-10H2,1-2H3/t15-,17-/m1/s1. The summed E-state index contributed by atoms with van der Waals surface area (Å²) >= 11 is 12.2. The fourth-order valence-electron chi connectivity index (χ4n) is 3.21. The minimum atomic E-state index is -0.735. The Hall–Kier alpha value is -0.810. The van der Waals surface area contributed by atoms with Gasteiger partial charge in [0.25, 0.3) is 5.91 Å². The first-order chi connectivity index (χ1) is 10.8. The molecule has 1 aromatic carbocycles. The molecule has 2 atom stereocenters. The zero-order valence-electron chi connectivity index (χ0n) is 13.5. The second-order valence-electron chi connectivity index (χ2n) is 6.35. The van der Waals surface area contributed by atoms with Crippen LogP contribution in [0.25, 0.3) is 0 Å². The maximum absolute atomic E-state index is 12.7. The number of likely N-dealkylation sites (tertiary alicyclic amines) is 1. The fourth-order valence-corrected chi connectivity index (χ4v) is 3.69. The van der Waals surface area contributed by atoms with Gasteiger partial charge in [0.15, 0.2) is 0 Å². The van der Waals surface area contributed by atoms with Crippen molar-refractivity contribution in [2.24, 2.45) is 5.41 Å². The topological polar surface area (TPSA) is 60.8 Å². The van der Waals surface area contributed by atoms with Crippen LogP contribution >= 0.6 is 23.2 Å². The highest BCUT2D eigenvalue weighted by Gasteiger charge is 2.42. The van der Waals surface area contributed by atoms with Crippen LogP contribution in [0.2, 0.25) is 10.0 Å². The minimum absolute atomic E-state index is 0.0633. The van der Waals surface area contributed by atoms with Crippen LogP contribution in [0.4, 0.5) is 0 Å². The van der Waals surface area contributed by atoms with E-state index in [0.29, 0.717) is 28.6 Å². The van der Waals surface area contributed by atoms with E-state index in [1.807, 2.05) is 6.92 Å². The van der Waals surface area contributed by atoms with Gasteiger partial charge in [0.05, 0.1) is 12.7 Å². The van der Waals surface area contributed by atoms with E-state index in [-0.39, 0.29) is 19.1 Å². The number of aliphatic hydroxyl groups excluding tert-OH is 2. The molecular weight excluding hydrogens is 337 g/mol. The number of hydrogen-bond acceptors (Lipinski definition) is 3. The predicted octanol–water partition coefficient (Wildman–Crippen LogP) is 3.29. The quantitative estimate of drug-likeness (QED) is 0.866. The van der Waals surface area contributed by atoms with Crippen molar-refractivity contribution in [2.75, 3.05) is 19.7 Å². The first-order valence-electron chi connectivity index (χ1n) is 7.88. The number of carbonyl (C=O) groups is 1. The predicted molar refractivity (Wildman–Crippen MR) is 92.2 cm³/mol. The highest BCUT2D eigenvalue weighted by atomic mass is 35.5. The molecule has 1 saturated heterocycles. The average Bonchev–Trinajstić information content (AvgIpc) is 2.53. The SMILES string of the molecule is CCC[C@]1(CO)CCN(C(=O)c2cc(Cl)c(C)c(Cl)c2)C[C@H]1O. The molecule has 23 heavy (non-hydrogen) atoms. The first-order valence-corrected chi connectivity index (χ1v) is 8.64. The summed E-state index contributed by atoms with van der Waals surface area (Å²) in [6.07, 6.45) is 1.47. The van der Waals surface area contributed by atoms with Crippen molar-refractivity contribution in [2.45, 2.75) is 39.2 Å². The monoisotopic (exact) mass is 359 g/mol. The zero-order valence-corrected chi connectivity index (χ0v) is 15.0. The minimum Gasteiger partial charge on any atom is -0.396 e. The Morgan fingerprint density at radius 1 is 1.39 bits per heavy atom. The Bertz CT molecular complexity index is 570. The van der Waals surface area contributed by atoms with Crippen LogP contribution in [-0.4, -0.2) is 46.8 Å². The molecule has 2 rings (SSSR count). The van der Waals surface area contributed by atoms with E-state index in [2.05, 4.69) is 0 Å². The number of amides is 1. The largest absolute Gasteiger partial charge is 0.396 e. The lowest BCUT2D eigenvalue weighted by molar-refractivity contribution is -0.0713. The molecule has 4 nitrogen and oxygen atoms in total. The van der Waals surface area contributed by atoms with Gasteiger partial charge >= 0.3 is 0 Å². The Morgan fingerprint density at radius 2 is 2.00 bits per heavy atom. The lowest BCUT2D eigenvalue weighted by atomic mass is 9.73. The van der Waals surface area contributed by atoms with Crippen molar-refractivity contribution < 1.29 is 15.0 Å². The normalized spacial score (nSPS) is 24.8. The molecule has 1 heterocycles. The molecule has 1 aliphatic heterocycles. The van der Waals surface area contributed by atoms with Crippen LogP contribution < -0.4 is 0 Å². The van der Waals surface area contributed by atoms with Gasteiger partial charge in [-0.2, -0.15) is 0 Å². The molecule has 6 heteroatoms. The summed E-state index contributed by atoms with van der Waals surface area (Å²) in [5.41, 5.74) is 0.657. The molecule has 0 aliphatic carbocycles. The van der Waals surface area contributed by atoms with E-state index in [1.54, 1.807) is 24.0 Å². The van der Waals surface area contributed by atoms with Crippen molar-refractivity contribution >= 4 is 29.1 Å². The Balaban J connectivity index is 2.17. The van der Waals surface area contributed by atoms with Crippen molar-refractivity contribution in [3.63, 3.8) is 0 Å². The second kappa shape index (κ2) is 7.39. The van der Waals surface area contributed by atoms with Gasteiger partial charge in [0, 0.05) is 34.1 Å². The number of piperidine rings is 1. The smallest absolute Gasteiger partial charge is 0.254 e. The van der Waals surface area contributed by atoms with Crippen LogP contribution in [0.3, 0.4) is 0 Å². The molecule has 0 bridgehead atoms. The molecule has 1 amide bonds. The molecule has 0 saturated carbocycles. The molecule has 0 radical (unpaired) electrons. The number of halogens is 2. The van der Waals surface area contributed by atoms with E-state index >= 15 is 0 Å². The van der Waals surface area contributed by atoms with E-state index in [0.717, 1.165) is 18.4 Å². The van der Waals surface area contributed by atoms with Crippen LogP contribution in [0.15, 0.2) is 12.1 Å². The number of nitrogens with zero attached hydrogens (tertiary/aromatic N) is 1. The summed E-state index contributed by atoms with van der Waals surface area (Å²) in [5, 5.41) is 21.1. The molecule has 1 fully saturated rings. The average molecular weight is 360 g/mol. The van der Waals surface area contributed by atoms with Crippen LogP contribution in [0, 0.1) is 12.3 Å². The van der Waals surface area contributed by atoms with Gasteiger partial charge in [-0.25, -0.2) is 0 Å². The summed E-state index contributed by atoms with van der Waals surface area (Å²) in [6, 6.07) is 3.22. The van der Waals surface area contributed by atoms with E-state index in [9.17, 15) is 15.0 Å². The summed E-state index contributed by atoms with van der Waals surface area (Å²) in [5.74, 6) is -0.198. The lowest BCUT2D eigenvalue weighted by Gasteiger charge is -2.44. The maximum atomic E-state index is 12.7. The van der Waals surface area contributed by atoms with Crippen molar-refractivity contribution in [3.8, 4) is 0 Å². The van der Waals surface area contributed by atoms with Gasteiger partial charge < -0.3 is 15.1 Å². The van der Waals surface area contributed by atoms with Crippen molar-refractivity contribution in [1.29, 1.82) is 0 Å². The van der Waals surface area contributed by atoms with E-state index in [4.69, 9.17) is 23.2 Å². The molecule has 0 unspecified atom stereocenters. The molecule has 0 aromatic heterocycles. The zero-order chi connectivity index (χ0) is 17.2. The highest BCUT2D eigenvalue weighted by Crippen LogP contribution is 2.36. The van der Waals surface area contributed by atoms with Crippen molar-refractivity contribution in [3.05, 3.63) is 33.3 Å². The third kappa shape index (κ3) is 3.66. The number of β-amino-alcohol motifs (C(OH)–C–C–N with tert-alkyl or cyclic N) is 1. The number of aliphatic hydroxyl groups is 2. The Labute approximate surface area is 147 Å². The number of rotatable bonds is 4. The van der Waals surface area contributed by atoms with Gasteiger partial charge in [-0.15, -0.1) is 0 Å². The molecule has 1 aromatic rings. The summed E-state index contributed by atoms with van der Waals surface area (Å²) < 4.78 is 0. The first kappa shape index (κ1) is 18.5. The third-order valence-corrected chi connectivity index (χ3v) is 5.64. The molecule has 128 valence electrons. The van der Waals surface area contributed by atoms with Crippen molar-refractivity contribution in [1.82, 2.24) is 4.90 Å². The Morgan fingerprint density at radius 3 is 2.48 bits per heavy atom. The van der Waals surface area contributed by atoms with Gasteiger partial charge in [0.1, 0.15) is 0 Å². The molecule has 0 spiro atoms. The van der Waals surface area contributed by atoms with Gasteiger partial charge in [0.2, 0.25) is 0 Å². The third-order valence-electron chi connectivity index (χ3n) is 4.86. The number of hydrogen-bond donors (Lipinski definition) is 2. The molecule has 2 N–H and O–H groups in total. The van der Waals surface area contributed by atoms with E-state index in [1.165, 1.54) is 0 Å². The summed E-state index contributed by atoms with van der Waals surface area (Å²) in [7, 11) is 0.